The maximum absolute atomic E-state index is 14.2. The molecule has 1 N–H and O–H groups in total. The molecule has 4 heterocycles. The Kier molecular flexibility index (Phi) is 6.82. The van der Waals surface area contributed by atoms with Crippen molar-refractivity contribution in [3.63, 3.8) is 0 Å². The van der Waals surface area contributed by atoms with Gasteiger partial charge in [0.15, 0.2) is 5.65 Å². The van der Waals surface area contributed by atoms with Gasteiger partial charge in [-0.15, -0.1) is 11.3 Å². The summed E-state index contributed by atoms with van der Waals surface area (Å²) in [7, 11) is -0.0695. The number of aromatic nitrogens is 5. The molecular formula is C28H29ClN6O3S2. The van der Waals surface area contributed by atoms with Crippen LogP contribution in [0.1, 0.15) is 29.8 Å². The molecule has 1 saturated carbocycles. The molecule has 0 atom stereocenters. The number of aryl methyl sites for hydroxylation is 1. The summed E-state index contributed by atoms with van der Waals surface area (Å²) in [5.74, 6) is 0. The van der Waals surface area contributed by atoms with E-state index in [1.54, 1.807) is 47.4 Å². The van der Waals surface area contributed by atoms with E-state index in [1.807, 2.05) is 27.2 Å². The lowest BCUT2D eigenvalue weighted by molar-refractivity contribution is -0.0389. The minimum Gasteiger partial charge on any atom is -0.383 e. The van der Waals surface area contributed by atoms with Crippen LogP contribution >= 0.6 is 22.9 Å². The second-order valence-electron chi connectivity index (χ2n) is 10.5. The Balaban J connectivity index is 1.57. The van der Waals surface area contributed by atoms with Crippen LogP contribution in [0, 0.1) is 6.92 Å². The van der Waals surface area contributed by atoms with E-state index in [-0.39, 0.29) is 10.5 Å². The Hall–Kier alpha value is -3.09. The molecule has 0 unspecified atom stereocenters. The molecule has 1 aliphatic rings. The zero-order valence-corrected chi connectivity index (χ0v) is 24.8. The molecule has 5 aromatic rings. The molecule has 40 heavy (non-hydrogen) atoms. The van der Waals surface area contributed by atoms with Crippen molar-refractivity contribution in [2.75, 3.05) is 20.6 Å². The normalized spacial score (nSPS) is 15.2. The Morgan fingerprint density at radius 3 is 2.55 bits per heavy atom. The van der Waals surface area contributed by atoms with Gasteiger partial charge >= 0.3 is 0 Å². The number of nitrogens with zero attached hydrogens (tertiary/aromatic N) is 6. The molecular weight excluding hydrogens is 568 g/mol. The quantitative estimate of drug-likeness (QED) is 0.264. The molecule has 0 bridgehead atoms. The van der Waals surface area contributed by atoms with Gasteiger partial charge in [0.2, 0.25) is 0 Å². The molecule has 0 radical (unpaired) electrons. The highest BCUT2D eigenvalue weighted by atomic mass is 35.5. The van der Waals surface area contributed by atoms with Gasteiger partial charge in [-0.05, 0) is 58.5 Å². The van der Waals surface area contributed by atoms with Gasteiger partial charge in [0, 0.05) is 41.6 Å². The number of likely N-dealkylation sites (N-methyl/N-ethyl adjacent to an activating group) is 1. The van der Waals surface area contributed by atoms with Crippen molar-refractivity contribution in [2.24, 2.45) is 0 Å². The summed E-state index contributed by atoms with van der Waals surface area (Å²) >= 11 is 8.09. The van der Waals surface area contributed by atoms with Gasteiger partial charge in [0.1, 0.15) is 10.6 Å². The first-order valence-corrected chi connectivity index (χ1v) is 15.6. The van der Waals surface area contributed by atoms with Crippen LogP contribution < -0.4 is 0 Å². The first kappa shape index (κ1) is 27.1. The Bertz CT molecular complexity index is 1820. The lowest BCUT2D eigenvalue weighted by Crippen LogP contribution is -2.33. The highest BCUT2D eigenvalue weighted by Crippen LogP contribution is 2.47. The average Bonchev–Trinajstić information content (AvgIpc) is 3.64. The summed E-state index contributed by atoms with van der Waals surface area (Å²) in [6.45, 7) is 3.35. The van der Waals surface area contributed by atoms with Gasteiger partial charge in [-0.2, -0.15) is 5.10 Å². The molecule has 4 aromatic heterocycles. The first-order valence-electron chi connectivity index (χ1n) is 13.0. The standard InChI is InChI=1S/C28H29ClN6O3S2/c1-18-5-7-20(8-6-18)40(37,38)35-23(19-14-32-34(17-19)12-11-33(2)3)13-21-25(22(29)15-30-26(21)35)24-16-31-27(39-24)28(36)9-4-10-28/h5-8,13-17,36H,4,9-12H2,1-3H3. The largest absolute Gasteiger partial charge is 0.383 e. The van der Waals surface area contributed by atoms with Crippen molar-refractivity contribution >= 4 is 44.0 Å². The van der Waals surface area contributed by atoms with Crippen LogP contribution in [0.15, 0.2) is 60.0 Å². The van der Waals surface area contributed by atoms with Gasteiger partial charge in [0.05, 0.1) is 33.2 Å². The van der Waals surface area contributed by atoms with E-state index in [0.29, 0.717) is 51.6 Å². The molecule has 1 aromatic carbocycles. The monoisotopic (exact) mass is 596 g/mol. The fourth-order valence-corrected chi connectivity index (χ4v) is 7.79. The third kappa shape index (κ3) is 4.65. The van der Waals surface area contributed by atoms with Crippen molar-refractivity contribution in [3.05, 3.63) is 70.7 Å². The minimum atomic E-state index is -4.05. The number of benzene rings is 1. The van der Waals surface area contributed by atoms with Crippen LogP contribution in [0.4, 0.5) is 0 Å². The molecule has 208 valence electrons. The van der Waals surface area contributed by atoms with E-state index < -0.39 is 15.6 Å². The SMILES string of the molecule is Cc1ccc(S(=O)(=O)n2c(-c3cnn(CCN(C)C)c3)cc3c(-c4cnc(C5(O)CCC5)s4)c(Cl)cnc32)cc1. The topological polar surface area (TPSA) is 106 Å². The number of aliphatic hydroxyl groups is 1. The molecule has 0 saturated heterocycles. The highest BCUT2D eigenvalue weighted by molar-refractivity contribution is 7.90. The van der Waals surface area contributed by atoms with Crippen molar-refractivity contribution in [3.8, 4) is 21.7 Å². The van der Waals surface area contributed by atoms with Gasteiger partial charge in [-0.3, -0.25) is 4.68 Å². The van der Waals surface area contributed by atoms with Crippen molar-refractivity contribution in [1.29, 1.82) is 0 Å². The summed E-state index contributed by atoms with van der Waals surface area (Å²) in [4.78, 5) is 12.0. The molecule has 1 aliphatic carbocycles. The van der Waals surface area contributed by atoms with Crippen molar-refractivity contribution < 1.29 is 13.5 Å². The molecule has 0 aliphatic heterocycles. The molecule has 0 spiro atoms. The third-order valence-corrected chi connectivity index (χ3v) is 10.5. The van der Waals surface area contributed by atoms with Crippen LogP contribution in [-0.2, 0) is 22.2 Å². The van der Waals surface area contributed by atoms with Crippen molar-refractivity contribution in [1.82, 2.24) is 28.6 Å². The van der Waals surface area contributed by atoms with Crippen LogP contribution in [0.25, 0.3) is 32.7 Å². The second-order valence-corrected chi connectivity index (χ2v) is 13.8. The number of thiazole rings is 1. The summed E-state index contributed by atoms with van der Waals surface area (Å²) in [6, 6.07) is 8.56. The van der Waals surface area contributed by atoms with Gasteiger partial charge in [0.25, 0.3) is 10.0 Å². The number of rotatable bonds is 8. The van der Waals surface area contributed by atoms with Crippen LogP contribution in [-0.4, -0.2) is 62.8 Å². The number of pyridine rings is 1. The highest BCUT2D eigenvalue weighted by Gasteiger charge is 2.39. The zero-order valence-electron chi connectivity index (χ0n) is 22.4. The average molecular weight is 597 g/mol. The number of hydrogen-bond acceptors (Lipinski definition) is 8. The Labute approximate surface area is 241 Å². The predicted molar refractivity (Wildman–Crippen MR) is 157 cm³/mol. The van der Waals surface area contributed by atoms with E-state index in [0.717, 1.165) is 23.4 Å². The van der Waals surface area contributed by atoms with Crippen LogP contribution in [0.5, 0.6) is 0 Å². The summed E-state index contributed by atoms with van der Waals surface area (Å²) in [5.41, 5.74) is 2.02. The summed E-state index contributed by atoms with van der Waals surface area (Å²) in [6.07, 6.45) is 8.99. The van der Waals surface area contributed by atoms with Crippen LogP contribution in [0.2, 0.25) is 5.02 Å². The van der Waals surface area contributed by atoms with E-state index >= 15 is 0 Å². The molecule has 12 heteroatoms. The van der Waals surface area contributed by atoms with E-state index in [4.69, 9.17) is 11.6 Å². The molecule has 9 nitrogen and oxygen atoms in total. The van der Waals surface area contributed by atoms with Gasteiger partial charge in [-0.1, -0.05) is 29.3 Å². The molecule has 6 rings (SSSR count). The summed E-state index contributed by atoms with van der Waals surface area (Å²) < 4.78 is 31.4. The number of hydrogen-bond donors (Lipinski definition) is 1. The lowest BCUT2D eigenvalue weighted by Gasteiger charge is -2.34. The van der Waals surface area contributed by atoms with Gasteiger partial charge in [-0.25, -0.2) is 22.4 Å². The van der Waals surface area contributed by atoms with Crippen LogP contribution in [0.3, 0.4) is 0 Å². The number of halogens is 1. The lowest BCUT2D eigenvalue weighted by atomic mass is 9.81. The number of fused-ring (bicyclic) bond motifs is 1. The molecule has 1 fully saturated rings. The third-order valence-electron chi connectivity index (χ3n) is 7.34. The second kappa shape index (κ2) is 10.1. The van der Waals surface area contributed by atoms with E-state index in [9.17, 15) is 13.5 Å². The zero-order chi connectivity index (χ0) is 28.2. The maximum Gasteiger partial charge on any atom is 0.269 e. The van der Waals surface area contributed by atoms with Crippen molar-refractivity contribution in [2.45, 2.75) is 43.2 Å². The van der Waals surface area contributed by atoms with E-state index in [1.165, 1.54) is 21.5 Å². The van der Waals surface area contributed by atoms with Gasteiger partial charge < -0.3 is 10.0 Å². The summed E-state index contributed by atoms with van der Waals surface area (Å²) in [5, 5.41) is 16.9. The first-order chi connectivity index (χ1) is 19.1. The maximum atomic E-state index is 14.2. The van der Waals surface area contributed by atoms with E-state index in [2.05, 4.69) is 20.0 Å². The Morgan fingerprint density at radius 1 is 1.12 bits per heavy atom. The molecule has 0 amide bonds. The smallest absolute Gasteiger partial charge is 0.269 e. The predicted octanol–water partition coefficient (Wildman–Crippen LogP) is 5.16. The minimum absolute atomic E-state index is 0.155. The fourth-order valence-electron chi connectivity index (χ4n) is 4.86. The Morgan fingerprint density at radius 2 is 1.88 bits per heavy atom. The fraction of sp³-hybridized carbons (Fsp3) is 0.321.